The van der Waals surface area contributed by atoms with E-state index in [-0.39, 0.29) is 0 Å². The van der Waals surface area contributed by atoms with Gasteiger partial charge >= 0.3 is 0 Å². The van der Waals surface area contributed by atoms with Gasteiger partial charge < -0.3 is 10.6 Å². The van der Waals surface area contributed by atoms with Gasteiger partial charge in [-0.3, -0.25) is 0 Å². The molecule has 1 aliphatic heterocycles. The first-order valence-electron chi connectivity index (χ1n) is 6.48. The Kier molecular flexibility index (Phi) is 3.94. The van der Waals surface area contributed by atoms with Crippen LogP contribution in [0, 0.1) is 12.8 Å². The van der Waals surface area contributed by atoms with Gasteiger partial charge in [0.15, 0.2) is 0 Å². The summed E-state index contributed by atoms with van der Waals surface area (Å²) in [5.41, 5.74) is 2.47. The Labute approximate surface area is 103 Å². The second kappa shape index (κ2) is 5.45. The molecule has 1 aromatic rings. The molecule has 2 heterocycles. The van der Waals surface area contributed by atoms with Crippen molar-refractivity contribution in [1.29, 1.82) is 0 Å². The van der Waals surface area contributed by atoms with E-state index >= 15 is 0 Å². The minimum atomic E-state index is 0.722. The van der Waals surface area contributed by atoms with Crippen molar-refractivity contribution in [1.82, 2.24) is 15.3 Å². The topological polar surface area (TPSA) is 49.8 Å². The van der Waals surface area contributed by atoms with Crippen molar-refractivity contribution in [3.8, 4) is 0 Å². The maximum atomic E-state index is 4.53. The summed E-state index contributed by atoms with van der Waals surface area (Å²) in [5, 5.41) is 6.83. The Morgan fingerprint density at radius 3 is 2.94 bits per heavy atom. The number of rotatable bonds is 4. The van der Waals surface area contributed by atoms with Crippen LogP contribution in [0.3, 0.4) is 0 Å². The highest BCUT2D eigenvalue weighted by atomic mass is 15.0. The van der Waals surface area contributed by atoms with Crippen molar-refractivity contribution in [3.63, 3.8) is 0 Å². The summed E-state index contributed by atoms with van der Waals surface area (Å²) >= 11 is 0. The van der Waals surface area contributed by atoms with Crippen LogP contribution in [0.1, 0.15) is 37.4 Å². The van der Waals surface area contributed by atoms with Gasteiger partial charge in [0.2, 0.25) is 0 Å². The van der Waals surface area contributed by atoms with Crippen LogP contribution in [0.4, 0.5) is 5.82 Å². The summed E-state index contributed by atoms with van der Waals surface area (Å²) < 4.78 is 0. The predicted octanol–water partition coefficient (Wildman–Crippen LogP) is 1.89. The molecule has 0 atom stereocenters. The third kappa shape index (κ3) is 3.16. The Bertz CT molecular complexity index is 387. The van der Waals surface area contributed by atoms with Crippen LogP contribution in [0.25, 0.3) is 0 Å². The molecule has 2 rings (SSSR count). The summed E-state index contributed by atoms with van der Waals surface area (Å²) in [6, 6.07) is 0. The van der Waals surface area contributed by atoms with Crippen LogP contribution in [0.2, 0.25) is 0 Å². The first-order valence-corrected chi connectivity index (χ1v) is 6.48. The van der Waals surface area contributed by atoms with E-state index in [0.717, 1.165) is 43.6 Å². The molecule has 0 aromatic carbocycles. The van der Waals surface area contributed by atoms with E-state index in [1.807, 2.05) is 6.92 Å². The number of nitrogens with one attached hydrogen (secondary N) is 2. The van der Waals surface area contributed by atoms with Gasteiger partial charge in [-0.1, -0.05) is 13.8 Å². The molecule has 0 spiro atoms. The van der Waals surface area contributed by atoms with Gasteiger partial charge in [-0.2, -0.15) is 0 Å². The van der Waals surface area contributed by atoms with Gasteiger partial charge in [0.05, 0.1) is 5.69 Å². The van der Waals surface area contributed by atoms with Crippen molar-refractivity contribution in [2.45, 2.75) is 40.2 Å². The first kappa shape index (κ1) is 12.3. The molecule has 0 unspecified atom stereocenters. The highest BCUT2D eigenvalue weighted by Gasteiger charge is 2.15. The van der Waals surface area contributed by atoms with E-state index < -0.39 is 0 Å². The van der Waals surface area contributed by atoms with Crippen LogP contribution in [0.5, 0.6) is 0 Å². The van der Waals surface area contributed by atoms with E-state index in [2.05, 4.69) is 34.4 Å². The number of aryl methyl sites for hydroxylation is 1. The normalized spacial score (nSPS) is 14.8. The summed E-state index contributed by atoms with van der Waals surface area (Å²) in [6.07, 6.45) is 2.18. The van der Waals surface area contributed by atoms with Crippen LogP contribution >= 0.6 is 0 Å². The standard InChI is InChI=1S/C13H22N4/c1-9(2)4-7-15-13-11-8-14-6-5-12(11)16-10(3)17-13/h9,14H,4-8H2,1-3H3,(H,15,16,17). The number of nitrogens with zero attached hydrogens (tertiary/aromatic N) is 2. The average molecular weight is 234 g/mol. The van der Waals surface area contributed by atoms with Gasteiger partial charge in [0.25, 0.3) is 0 Å². The SMILES string of the molecule is Cc1nc2c(c(NCCC(C)C)n1)CNCC2. The zero-order chi connectivity index (χ0) is 12.3. The van der Waals surface area contributed by atoms with Crippen LogP contribution in [-0.2, 0) is 13.0 Å². The van der Waals surface area contributed by atoms with Gasteiger partial charge in [0, 0.05) is 31.6 Å². The highest BCUT2D eigenvalue weighted by molar-refractivity contribution is 5.47. The molecule has 17 heavy (non-hydrogen) atoms. The van der Waals surface area contributed by atoms with Crippen LogP contribution in [0.15, 0.2) is 0 Å². The van der Waals surface area contributed by atoms with E-state index in [4.69, 9.17) is 0 Å². The molecule has 0 amide bonds. The van der Waals surface area contributed by atoms with Crippen molar-refractivity contribution in [2.75, 3.05) is 18.4 Å². The van der Waals surface area contributed by atoms with E-state index in [0.29, 0.717) is 0 Å². The third-order valence-electron chi connectivity index (χ3n) is 3.06. The molecule has 1 aromatic heterocycles. The van der Waals surface area contributed by atoms with Crippen molar-refractivity contribution < 1.29 is 0 Å². The quantitative estimate of drug-likeness (QED) is 0.835. The van der Waals surface area contributed by atoms with Crippen LogP contribution in [-0.4, -0.2) is 23.1 Å². The first-order chi connectivity index (χ1) is 8.16. The number of anilines is 1. The van der Waals surface area contributed by atoms with Crippen molar-refractivity contribution >= 4 is 5.82 Å². The number of hydrogen-bond donors (Lipinski definition) is 2. The lowest BCUT2D eigenvalue weighted by Crippen LogP contribution is -2.27. The monoisotopic (exact) mass is 234 g/mol. The number of hydrogen-bond acceptors (Lipinski definition) is 4. The molecule has 4 heteroatoms. The Balaban J connectivity index is 2.12. The zero-order valence-corrected chi connectivity index (χ0v) is 11.0. The second-order valence-electron chi connectivity index (χ2n) is 5.08. The van der Waals surface area contributed by atoms with E-state index in [1.165, 1.54) is 17.7 Å². The number of fused-ring (bicyclic) bond motifs is 1. The number of aromatic nitrogens is 2. The minimum absolute atomic E-state index is 0.722. The lowest BCUT2D eigenvalue weighted by atomic mass is 10.1. The fourth-order valence-electron chi connectivity index (χ4n) is 2.09. The molecule has 0 bridgehead atoms. The Morgan fingerprint density at radius 2 is 2.18 bits per heavy atom. The summed E-state index contributed by atoms with van der Waals surface area (Å²) in [6.45, 7) is 9.35. The molecule has 4 nitrogen and oxygen atoms in total. The molecular formula is C13H22N4. The lowest BCUT2D eigenvalue weighted by Gasteiger charge is -2.20. The van der Waals surface area contributed by atoms with Gasteiger partial charge in [0.1, 0.15) is 11.6 Å². The smallest absolute Gasteiger partial charge is 0.134 e. The second-order valence-corrected chi connectivity index (χ2v) is 5.08. The molecular weight excluding hydrogens is 212 g/mol. The molecule has 0 saturated carbocycles. The zero-order valence-electron chi connectivity index (χ0n) is 11.0. The van der Waals surface area contributed by atoms with Gasteiger partial charge in [-0.25, -0.2) is 9.97 Å². The summed E-state index contributed by atoms with van der Waals surface area (Å²) in [5.74, 6) is 2.62. The van der Waals surface area contributed by atoms with Crippen LogP contribution < -0.4 is 10.6 Å². The Morgan fingerprint density at radius 1 is 1.35 bits per heavy atom. The molecule has 1 aliphatic rings. The van der Waals surface area contributed by atoms with Gasteiger partial charge in [-0.15, -0.1) is 0 Å². The molecule has 0 saturated heterocycles. The summed E-state index contributed by atoms with van der Waals surface area (Å²) in [7, 11) is 0. The molecule has 0 fully saturated rings. The molecule has 0 radical (unpaired) electrons. The van der Waals surface area contributed by atoms with Crippen molar-refractivity contribution in [3.05, 3.63) is 17.1 Å². The average Bonchev–Trinajstić information content (AvgIpc) is 2.28. The maximum Gasteiger partial charge on any atom is 0.134 e. The largest absolute Gasteiger partial charge is 0.370 e. The molecule has 94 valence electrons. The summed E-state index contributed by atoms with van der Waals surface area (Å²) in [4.78, 5) is 9.05. The highest BCUT2D eigenvalue weighted by Crippen LogP contribution is 2.20. The third-order valence-corrected chi connectivity index (χ3v) is 3.06. The van der Waals surface area contributed by atoms with Crippen molar-refractivity contribution in [2.24, 2.45) is 5.92 Å². The molecule has 2 N–H and O–H groups in total. The maximum absolute atomic E-state index is 4.53. The fraction of sp³-hybridized carbons (Fsp3) is 0.692. The van der Waals surface area contributed by atoms with Gasteiger partial charge in [-0.05, 0) is 19.3 Å². The van der Waals surface area contributed by atoms with E-state index in [9.17, 15) is 0 Å². The minimum Gasteiger partial charge on any atom is -0.370 e. The predicted molar refractivity (Wildman–Crippen MR) is 70.1 cm³/mol. The lowest BCUT2D eigenvalue weighted by molar-refractivity contribution is 0.601. The Hall–Kier alpha value is -1.16. The van der Waals surface area contributed by atoms with E-state index in [1.54, 1.807) is 0 Å². The fourth-order valence-corrected chi connectivity index (χ4v) is 2.09. The molecule has 0 aliphatic carbocycles.